The van der Waals surface area contributed by atoms with Crippen molar-refractivity contribution in [3.05, 3.63) is 35.6 Å². The van der Waals surface area contributed by atoms with Gasteiger partial charge in [0.15, 0.2) is 0 Å². The van der Waals surface area contributed by atoms with Gasteiger partial charge < -0.3 is 9.80 Å². The molecule has 0 spiro atoms. The van der Waals surface area contributed by atoms with Crippen LogP contribution in [-0.2, 0) is 16.0 Å². The highest BCUT2D eigenvalue weighted by Crippen LogP contribution is 2.10. The first-order valence-electron chi connectivity index (χ1n) is 6.79. The van der Waals surface area contributed by atoms with Crippen molar-refractivity contribution < 1.29 is 14.0 Å². The summed E-state index contributed by atoms with van der Waals surface area (Å²) in [5, 5.41) is 0. The summed E-state index contributed by atoms with van der Waals surface area (Å²) in [5.41, 5.74) is 0.759. The third-order valence-corrected chi connectivity index (χ3v) is 3.50. The summed E-state index contributed by atoms with van der Waals surface area (Å²) in [4.78, 5) is 27.4. The third-order valence-electron chi connectivity index (χ3n) is 3.50. The topological polar surface area (TPSA) is 40.6 Å². The average Bonchev–Trinajstić information content (AvgIpc) is 2.40. The second-order valence-electron chi connectivity index (χ2n) is 5.30. The number of amides is 2. The van der Waals surface area contributed by atoms with Gasteiger partial charge in [-0.05, 0) is 31.5 Å². The molecule has 0 bridgehead atoms. The molecule has 1 aliphatic heterocycles. The number of halogens is 1. The van der Waals surface area contributed by atoms with Crippen LogP contribution in [0.5, 0.6) is 0 Å². The van der Waals surface area contributed by atoms with Gasteiger partial charge in [0.2, 0.25) is 11.8 Å². The monoisotopic (exact) mass is 278 g/mol. The molecule has 108 valence electrons. The zero-order valence-corrected chi connectivity index (χ0v) is 11.8. The van der Waals surface area contributed by atoms with Gasteiger partial charge in [0.05, 0.1) is 13.0 Å². The second-order valence-corrected chi connectivity index (χ2v) is 5.30. The number of carbonyl (C=O) groups excluding carboxylic acids is 2. The number of hydrogen-bond donors (Lipinski definition) is 0. The molecule has 1 aliphatic rings. The minimum absolute atomic E-state index is 0.0151. The van der Waals surface area contributed by atoms with Gasteiger partial charge in [-0.1, -0.05) is 12.1 Å². The number of hydrogen-bond acceptors (Lipinski definition) is 2. The summed E-state index contributed by atoms with van der Waals surface area (Å²) in [5.74, 6) is -0.422. The molecule has 0 aromatic heterocycles. The molecule has 1 saturated heterocycles. The zero-order chi connectivity index (χ0) is 14.7. The number of nitrogens with zero attached hydrogens (tertiary/aromatic N) is 2. The number of piperazine rings is 1. The van der Waals surface area contributed by atoms with Crippen LogP contribution in [0, 0.1) is 5.82 Å². The second kappa shape index (κ2) is 6.03. The van der Waals surface area contributed by atoms with E-state index in [2.05, 4.69) is 0 Å². The van der Waals surface area contributed by atoms with E-state index in [4.69, 9.17) is 0 Å². The SMILES string of the molecule is CC(C)N1CCN(C(=O)Cc2ccc(F)cc2)CC1=O. The Labute approximate surface area is 118 Å². The van der Waals surface area contributed by atoms with Crippen LogP contribution in [0.2, 0.25) is 0 Å². The van der Waals surface area contributed by atoms with Crippen LogP contribution in [-0.4, -0.2) is 47.3 Å². The molecule has 1 heterocycles. The Morgan fingerprint density at radius 2 is 1.90 bits per heavy atom. The van der Waals surface area contributed by atoms with E-state index < -0.39 is 0 Å². The smallest absolute Gasteiger partial charge is 0.242 e. The lowest BCUT2D eigenvalue weighted by Crippen LogP contribution is -2.54. The predicted molar refractivity (Wildman–Crippen MR) is 73.5 cm³/mol. The molecule has 0 N–H and O–H groups in total. The van der Waals surface area contributed by atoms with Crippen LogP contribution in [0.1, 0.15) is 19.4 Å². The summed E-state index contributed by atoms with van der Waals surface area (Å²) in [7, 11) is 0. The largest absolute Gasteiger partial charge is 0.337 e. The van der Waals surface area contributed by atoms with Crippen LogP contribution in [0.25, 0.3) is 0 Å². The standard InChI is InChI=1S/C15H19FN2O2/c1-11(2)18-8-7-17(10-15(18)20)14(19)9-12-3-5-13(16)6-4-12/h3-6,11H,7-10H2,1-2H3. The first kappa shape index (κ1) is 14.5. The third kappa shape index (κ3) is 3.35. The molecule has 1 aromatic carbocycles. The van der Waals surface area contributed by atoms with E-state index in [1.165, 1.54) is 12.1 Å². The summed E-state index contributed by atoms with van der Waals surface area (Å²) in [6.07, 6.45) is 0.204. The Hall–Kier alpha value is -1.91. The van der Waals surface area contributed by atoms with E-state index >= 15 is 0 Å². The van der Waals surface area contributed by atoms with Crippen molar-refractivity contribution in [3.8, 4) is 0 Å². The predicted octanol–water partition coefficient (Wildman–Crippen LogP) is 1.45. The number of carbonyl (C=O) groups is 2. The molecule has 0 aliphatic carbocycles. The maximum atomic E-state index is 12.8. The van der Waals surface area contributed by atoms with Gasteiger partial charge in [-0.15, -0.1) is 0 Å². The van der Waals surface area contributed by atoms with E-state index in [1.54, 1.807) is 21.9 Å². The van der Waals surface area contributed by atoms with E-state index in [0.717, 1.165) is 5.56 Å². The minimum Gasteiger partial charge on any atom is -0.337 e. The van der Waals surface area contributed by atoms with E-state index in [0.29, 0.717) is 13.1 Å². The Morgan fingerprint density at radius 1 is 1.25 bits per heavy atom. The Kier molecular flexibility index (Phi) is 4.37. The van der Waals surface area contributed by atoms with Crippen LogP contribution >= 0.6 is 0 Å². The summed E-state index contributed by atoms with van der Waals surface area (Å²) in [6.45, 7) is 5.20. The van der Waals surface area contributed by atoms with Crippen molar-refractivity contribution in [2.75, 3.05) is 19.6 Å². The van der Waals surface area contributed by atoms with Crippen molar-refractivity contribution in [2.45, 2.75) is 26.3 Å². The molecule has 5 heteroatoms. The highest BCUT2D eigenvalue weighted by atomic mass is 19.1. The van der Waals surface area contributed by atoms with Gasteiger partial charge in [-0.25, -0.2) is 4.39 Å². The lowest BCUT2D eigenvalue weighted by atomic mass is 10.1. The Balaban J connectivity index is 1.94. The Bertz CT molecular complexity index is 499. The van der Waals surface area contributed by atoms with Crippen molar-refractivity contribution in [2.24, 2.45) is 0 Å². The number of rotatable bonds is 3. The average molecular weight is 278 g/mol. The molecule has 0 saturated carbocycles. The molecule has 1 aromatic rings. The summed E-state index contributed by atoms with van der Waals surface area (Å²) in [6, 6.07) is 6.03. The van der Waals surface area contributed by atoms with Gasteiger partial charge in [0.1, 0.15) is 5.82 Å². The van der Waals surface area contributed by atoms with Crippen molar-refractivity contribution in [1.29, 1.82) is 0 Å². The van der Waals surface area contributed by atoms with Crippen LogP contribution in [0.15, 0.2) is 24.3 Å². The fourth-order valence-corrected chi connectivity index (χ4v) is 2.33. The number of benzene rings is 1. The molecule has 0 unspecified atom stereocenters. The Morgan fingerprint density at radius 3 is 2.45 bits per heavy atom. The molecular weight excluding hydrogens is 259 g/mol. The van der Waals surface area contributed by atoms with Gasteiger partial charge in [-0.3, -0.25) is 9.59 Å². The maximum Gasteiger partial charge on any atom is 0.242 e. The highest BCUT2D eigenvalue weighted by Gasteiger charge is 2.28. The highest BCUT2D eigenvalue weighted by molar-refractivity contribution is 5.87. The van der Waals surface area contributed by atoms with Crippen LogP contribution < -0.4 is 0 Å². The van der Waals surface area contributed by atoms with Crippen LogP contribution in [0.4, 0.5) is 4.39 Å². The fraction of sp³-hybridized carbons (Fsp3) is 0.467. The van der Waals surface area contributed by atoms with E-state index in [1.807, 2.05) is 13.8 Å². The van der Waals surface area contributed by atoms with Crippen molar-refractivity contribution in [3.63, 3.8) is 0 Å². The van der Waals surface area contributed by atoms with Gasteiger partial charge in [0.25, 0.3) is 0 Å². The molecule has 1 fully saturated rings. The minimum atomic E-state index is -0.318. The maximum absolute atomic E-state index is 12.8. The van der Waals surface area contributed by atoms with E-state index in [-0.39, 0.29) is 36.6 Å². The molecule has 2 amide bonds. The molecule has 20 heavy (non-hydrogen) atoms. The van der Waals surface area contributed by atoms with Crippen molar-refractivity contribution >= 4 is 11.8 Å². The molecule has 0 radical (unpaired) electrons. The van der Waals surface area contributed by atoms with Crippen LogP contribution in [0.3, 0.4) is 0 Å². The zero-order valence-electron chi connectivity index (χ0n) is 11.8. The molecular formula is C15H19FN2O2. The lowest BCUT2D eigenvalue weighted by molar-refractivity contribution is -0.146. The first-order valence-corrected chi connectivity index (χ1v) is 6.79. The first-order chi connectivity index (χ1) is 9.47. The quantitative estimate of drug-likeness (QED) is 0.839. The normalized spacial score (nSPS) is 15.9. The summed E-state index contributed by atoms with van der Waals surface area (Å²) >= 11 is 0. The summed E-state index contributed by atoms with van der Waals surface area (Å²) < 4.78 is 12.8. The fourth-order valence-electron chi connectivity index (χ4n) is 2.33. The van der Waals surface area contributed by atoms with Gasteiger partial charge in [0, 0.05) is 19.1 Å². The van der Waals surface area contributed by atoms with Gasteiger partial charge >= 0.3 is 0 Å². The molecule has 4 nitrogen and oxygen atoms in total. The van der Waals surface area contributed by atoms with Gasteiger partial charge in [-0.2, -0.15) is 0 Å². The van der Waals surface area contributed by atoms with Crippen molar-refractivity contribution in [1.82, 2.24) is 9.80 Å². The molecule has 2 rings (SSSR count). The van der Waals surface area contributed by atoms with E-state index in [9.17, 15) is 14.0 Å². The lowest BCUT2D eigenvalue weighted by Gasteiger charge is -2.36. The molecule has 0 atom stereocenters.